The average Bonchev–Trinajstić information content (AvgIpc) is 1.70. The molecule has 0 heterocycles. The van der Waals surface area contributed by atoms with E-state index < -0.39 is 0 Å². The lowest BCUT2D eigenvalue weighted by Crippen LogP contribution is -1.27. The molecule has 0 bridgehead atoms. The summed E-state index contributed by atoms with van der Waals surface area (Å²) < 4.78 is 0. The van der Waals surface area contributed by atoms with Gasteiger partial charge in [0, 0.05) is 0 Å². The summed E-state index contributed by atoms with van der Waals surface area (Å²) in [6.07, 6.45) is 2.75. The molecule has 0 aliphatic rings. The molecular formula is C11H34N2O2. The Kier molecular flexibility index (Phi) is 3760. The van der Waals surface area contributed by atoms with Crippen molar-refractivity contribution in [1.29, 1.82) is 10.8 Å². The van der Waals surface area contributed by atoms with E-state index in [1.807, 2.05) is 0 Å². The van der Waals surface area contributed by atoms with Crippen molar-refractivity contribution < 1.29 is 9.59 Å². The Labute approximate surface area is 98.1 Å². The maximum atomic E-state index is 8.35. The third kappa shape index (κ3) is 961. The van der Waals surface area contributed by atoms with Crippen LogP contribution in [0.25, 0.3) is 0 Å². The molecular weight excluding hydrogens is 192 g/mol. The first-order valence-electron chi connectivity index (χ1n) is 2.32. The van der Waals surface area contributed by atoms with E-state index in [0.29, 0.717) is 0 Å². The SMILES string of the molecule is C.C.C.C.C.C.CCC.N=C=O.N=C=O. The van der Waals surface area contributed by atoms with Crippen LogP contribution in [0.2, 0.25) is 0 Å². The molecule has 0 unspecified atom stereocenters. The van der Waals surface area contributed by atoms with Crippen molar-refractivity contribution in [1.82, 2.24) is 0 Å². The van der Waals surface area contributed by atoms with Crippen molar-refractivity contribution >= 4 is 12.2 Å². The monoisotopic (exact) mass is 226 g/mol. The minimum Gasteiger partial charge on any atom is -0.222 e. The standard InChI is InChI=1S/C3H8.2CHNO.6CH4/c1-3-2;2*2-1-3;;;;;;/h3H2,1-2H3;2*2H;6*1H4. The zero-order valence-corrected chi connectivity index (χ0v) is 5.52. The fourth-order valence-electron chi connectivity index (χ4n) is 0. The molecule has 0 radical (unpaired) electrons. The Hall–Kier alpha value is -1.24. The summed E-state index contributed by atoms with van der Waals surface area (Å²) in [5.41, 5.74) is 0. The van der Waals surface area contributed by atoms with E-state index >= 15 is 0 Å². The molecule has 0 aromatic rings. The molecule has 0 aliphatic carbocycles. The summed E-state index contributed by atoms with van der Waals surface area (Å²) in [4.78, 5) is 16.7. The van der Waals surface area contributed by atoms with Crippen LogP contribution in [0.15, 0.2) is 0 Å². The van der Waals surface area contributed by atoms with Crippen molar-refractivity contribution in [2.24, 2.45) is 0 Å². The van der Waals surface area contributed by atoms with E-state index in [2.05, 4.69) is 13.8 Å². The quantitative estimate of drug-likeness (QED) is 0.448. The van der Waals surface area contributed by atoms with E-state index in [0.717, 1.165) is 12.2 Å². The molecule has 0 spiro atoms. The van der Waals surface area contributed by atoms with Crippen molar-refractivity contribution in [2.75, 3.05) is 0 Å². The first-order chi connectivity index (χ1) is 4.24. The van der Waals surface area contributed by atoms with E-state index in [4.69, 9.17) is 20.4 Å². The average molecular weight is 226 g/mol. The Morgan fingerprint density at radius 2 is 0.733 bits per heavy atom. The van der Waals surface area contributed by atoms with E-state index in [9.17, 15) is 0 Å². The zero-order chi connectivity index (χ0) is 8.12. The Balaban J connectivity index is -0.00000000429. The van der Waals surface area contributed by atoms with Gasteiger partial charge in [0.25, 0.3) is 0 Å². The zero-order valence-electron chi connectivity index (χ0n) is 5.52. The number of isocyanates is 2. The van der Waals surface area contributed by atoms with Gasteiger partial charge in [0.1, 0.15) is 0 Å². The molecule has 4 nitrogen and oxygen atoms in total. The van der Waals surface area contributed by atoms with Crippen LogP contribution >= 0.6 is 0 Å². The highest BCUT2D eigenvalue weighted by Gasteiger charge is 1.35. The first-order valence-corrected chi connectivity index (χ1v) is 2.32. The van der Waals surface area contributed by atoms with Crippen LogP contribution in [-0.4, -0.2) is 12.2 Å². The third-order valence-electron chi connectivity index (χ3n) is 0. The van der Waals surface area contributed by atoms with Crippen LogP contribution in [0.3, 0.4) is 0 Å². The molecule has 0 rings (SSSR count). The summed E-state index contributed by atoms with van der Waals surface area (Å²) >= 11 is 0. The topological polar surface area (TPSA) is 81.8 Å². The lowest BCUT2D eigenvalue weighted by atomic mass is 10.6. The van der Waals surface area contributed by atoms with Crippen molar-refractivity contribution in [3.05, 3.63) is 0 Å². The van der Waals surface area contributed by atoms with Gasteiger partial charge in [-0.15, -0.1) is 0 Å². The van der Waals surface area contributed by atoms with Gasteiger partial charge in [0.15, 0.2) is 0 Å². The highest BCUT2D eigenvalue weighted by atomic mass is 16.1. The van der Waals surface area contributed by atoms with Crippen molar-refractivity contribution in [3.8, 4) is 0 Å². The Bertz CT molecular complexity index is 80.8. The molecule has 0 aromatic heterocycles. The second kappa shape index (κ2) is 570. The maximum absolute atomic E-state index is 8.35. The van der Waals surface area contributed by atoms with Crippen LogP contribution in [0.1, 0.15) is 64.8 Å². The Morgan fingerprint density at radius 1 is 0.733 bits per heavy atom. The summed E-state index contributed by atoms with van der Waals surface area (Å²) in [6.45, 7) is 4.25. The van der Waals surface area contributed by atoms with Gasteiger partial charge in [0.2, 0.25) is 12.2 Å². The number of nitrogens with one attached hydrogen (secondary N) is 2. The lowest BCUT2D eigenvalue weighted by molar-refractivity contribution is 0.562. The van der Waals surface area contributed by atoms with Crippen molar-refractivity contribution in [2.45, 2.75) is 64.8 Å². The lowest BCUT2D eigenvalue weighted by Gasteiger charge is -1.48. The predicted octanol–water partition coefficient (Wildman–Crippen LogP) is 5.03. The van der Waals surface area contributed by atoms with Crippen LogP contribution < -0.4 is 0 Å². The molecule has 4 heteroatoms. The molecule has 0 fully saturated rings. The van der Waals surface area contributed by atoms with Gasteiger partial charge in [-0.3, -0.25) is 0 Å². The second-order valence-electron chi connectivity index (χ2n) is 0.911. The van der Waals surface area contributed by atoms with E-state index in [-0.39, 0.29) is 44.6 Å². The number of hydrogen-bond acceptors (Lipinski definition) is 4. The highest BCUT2D eigenvalue weighted by molar-refractivity contribution is 5.26. The van der Waals surface area contributed by atoms with Gasteiger partial charge < -0.3 is 0 Å². The second-order valence-corrected chi connectivity index (χ2v) is 0.911. The summed E-state index contributed by atoms with van der Waals surface area (Å²) in [5, 5.41) is 10.8. The minimum absolute atomic E-state index is 0. The number of carbonyl (C=O) groups excluding carboxylic acids is 2. The number of hydrogen-bond donors (Lipinski definition) is 2. The maximum Gasteiger partial charge on any atom is 0.231 e. The highest BCUT2D eigenvalue weighted by Crippen LogP contribution is 1.56. The number of rotatable bonds is 0. The summed E-state index contributed by atoms with van der Waals surface area (Å²) in [6, 6.07) is 0. The van der Waals surface area contributed by atoms with Crippen LogP contribution in [0.5, 0.6) is 0 Å². The molecule has 0 saturated carbocycles. The Morgan fingerprint density at radius 3 is 0.733 bits per heavy atom. The van der Waals surface area contributed by atoms with Crippen LogP contribution in [0, 0.1) is 10.8 Å². The predicted molar refractivity (Wildman–Crippen MR) is 73.2 cm³/mol. The molecule has 0 amide bonds. The molecule has 2 N–H and O–H groups in total. The molecule has 15 heavy (non-hydrogen) atoms. The van der Waals surface area contributed by atoms with Gasteiger partial charge in [0.05, 0.1) is 0 Å². The summed E-state index contributed by atoms with van der Waals surface area (Å²) in [5.74, 6) is 0. The fourth-order valence-corrected chi connectivity index (χ4v) is 0. The van der Waals surface area contributed by atoms with Crippen LogP contribution in [-0.2, 0) is 9.59 Å². The van der Waals surface area contributed by atoms with Gasteiger partial charge in [-0.05, 0) is 0 Å². The third-order valence-corrected chi connectivity index (χ3v) is 0. The molecule has 0 aliphatic heterocycles. The normalized spacial score (nSPS) is 2.27. The minimum atomic E-state index is 0. The molecule has 100 valence electrons. The van der Waals surface area contributed by atoms with Gasteiger partial charge in [-0.2, -0.15) is 0 Å². The van der Waals surface area contributed by atoms with Gasteiger partial charge in [-0.25, -0.2) is 20.4 Å². The molecule has 0 aromatic carbocycles. The fraction of sp³-hybridized carbons (Fsp3) is 0.818. The smallest absolute Gasteiger partial charge is 0.222 e. The van der Waals surface area contributed by atoms with E-state index in [1.165, 1.54) is 6.42 Å². The summed E-state index contributed by atoms with van der Waals surface area (Å²) in [7, 11) is 0. The van der Waals surface area contributed by atoms with Gasteiger partial charge >= 0.3 is 0 Å². The van der Waals surface area contributed by atoms with Gasteiger partial charge in [-0.1, -0.05) is 64.8 Å². The molecule has 0 saturated heterocycles. The van der Waals surface area contributed by atoms with E-state index in [1.54, 1.807) is 0 Å². The largest absolute Gasteiger partial charge is 0.231 e. The first kappa shape index (κ1) is 98.9. The van der Waals surface area contributed by atoms with Crippen LogP contribution in [0.4, 0.5) is 0 Å². The molecule has 0 atom stereocenters. The van der Waals surface area contributed by atoms with Crippen molar-refractivity contribution in [3.63, 3.8) is 0 Å².